The van der Waals surface area contributed by atoms with E-state index in [1.807, 2.05) is 6.92 Å². The molecule has 0 spiro atoms. The molecule has 0 aromatic rings. The van der Waals surface area contributed by atoms with Crippen LogP contribution in [0.2, 0.25) is 0 Å². The highest BCUT2D eigenvalue weighted by atomic mass is 16.1. The minimum Gasteiger partial charge on any atom is -0.278 e. The predicted molar refractivity (Wildman–Crippen MR) is 45.3 cm³/mol. The topological polar surface area (TPSA) is 41.8 Å². The summed E-state index contributed by atoms with van der Waals surface area (Å²) < 4.78 is 0. The van der Waals surface area contributed by atoms with Crippen molar-refractivity contribution >= 4 is 17.8 Å². The van der Waals surface area contributed by atoms with E-state index in [-0.39, 0.29) is 11.9 Å². The minimum absolute atomic E-state index is 0.0909. The van der Waals surface area contributed by atoms with Gasteiger partial charge in [-0.3, -0.25) is 9.79 Å². The SMILES string of the molecule is CCCC1N=CC(C)=NC1=O. The number of hydrogen-bond donors (Lipinski definition) is 0. The summed E-state index contributed by atoms with van der Waals surface area (Å²) in [6, 6.07) is -0.205. The molecule has 60 valence electrons. The highest BCUT2D eigenvalue weighted by Gasteiger charge is 2.17. The zero-order chi connectivity index (χ0) is 8.27. The third-order valence-corrected chi connectivity index (χ3v) is 1.58. The zero-order valence-electron chi connectivity index (χ0n) is 6.87. The summed E-state index contributed by atoms with van der Waals surface area (Å²) in [6.07, 6.45) is 3.45. The summed E-state index contributed by atoms with van der Waals surface area (Å²) in [5, 5.41) is 0. The molecule has 1 aliphatic rings. The number of aliphatic imine (C=N–C) groups is 2. The average Bonchev–Trinajstić information content (AvgIpc) is 1.95. The van der Waals surface area contributed by atoms with E-state index < -0.39 is 0 Å². The molecule has 1 aliphatic heterocycles. The van der Waals surface area contributed by atoms with Gasteiger partial charge < -0.3 is 0 Å². The number of nitrogens with zero attached hydrogens (tertiary/aromatic N) is 2. The number of carbonyl (C=O) groups is 1. The van der Waals surface area contributed by atoms with E-state index >= 15 is 0 Å². The number of rotatable bonds is 2. The lowest BCUT2D eigenvalue weighted by atomic mass is 10.1. The van der Waals surface area contributed by atoms with Crippen LogP contribution in [0.3, 0.4) is 0 Å². The molecule has 0 aromatic heterocycles. The molecule has 3 nitrogen and oxygen atoms in total. The molecule has 0 saturated carbocycles. The molecule has 0 aromatic carbocycles. The molecule has 1 atom stereocenters. The Kier molecular flexibility index (Phi) is 2.52. The lowest BCUT2D eigenvalue weighted by molar-refractivity contribution is -0.119. The van der Waals surface area contributed by atoms with Crippen molar-refractivity contribution < 1.29 is 4.79 Å². The maximum absolute atomic E-state index is 11.1. The Morgan fingerprint density at radius 2 is 2.36 bits per heavy atom. The molecule has 0 saturated heterocycles. The van der Waals surface area contributed by atoms with E-state index in [9.17, 15) is 4.79 Å². The van der Waals surface area contributed by atoms with Gasteiger partial charge >= 0.3 is 0 Å². The molecule has 0 N–H and O–H groups in total. The van der Waals surface area contributed by atoms with Crippen LogP contribution in [0.5, 0.6) is 0 Å². The predicted octanol–water partition coefficient (Wildman–Crippen LogP) is 1.23. The second-order valence-corrected chi connectivity index (χ2v) is 2.67. The van der Waals surface area contributed by atoms with E-state index in [1.54, 1.807) is 13.1 Å². The molecule has 1 unspecified atom stereocenters. The highest BCUT2D eigenvalue weighted by Crippen LogP contribution is 2.06. The molecule has 1 amide bonds. The third kappa shape index (κ3) is 1.97. The number of amides is 1. The molecular formula is C8H12N2O. The van der Waals surface area contributed by atoms with Crippen LogP contribution in [0.1, 0.15) is 26.7 Å². The van der Waals surface area contributed by atoms with Crippen molar-refractivity contribution in [2.75, 3.05) is 0 Å². The van der Waals surface area contributed by atoms with Gasteiger partial charge in [0.05, 0.1) is 5.71 Å². The third-order valence-electron chi connectivity index (χ3n) is 1.58. The molecule has 1 rings (SSSR count). The number of hydrogen-bond acceptors (Lipinski definition) is 2. The fourth-order valence-corrected chi connectivity index (χ4v) is 1.01. The van der Waals surface area contributed by atoms with E-state index in [0.29, 0.717) is 5.71 Å². The van der Waals surface area contributed by atoms with Crippen molar-refractivity contribution in [3.63, 3.8) is 0 Å². The summed E-state index contributed by atoms with van der Waals surface area (Å²) in [4.78, 5) is 19.0. The Balaban J connectivity index is 2.62. The molecule has 3 heteroatoms. The maximum atomic E-state index is 11.1. The van der Waals surface area contributed by atoms with Crippen LogP contribution in [0.4, 0.5) is 0 Å². The largest absolute Gasteiger partial charge is 0.278 e. The van der Waals surface area contributed by atoms with Crippen molar-refractivity contribution in [2.24, 2.45) is 9.98 Å². The fraction of sp³-hybridized carbons (Fsp3) is 0.625. The van der Waals surface area contributed by atoms with Crippen molar-refractivity contribution in [3.8, 4) is 0 Å². The molecule has 11 heavy (non-hydrogen) atoms. The fourth-order valence-electron chi connectivity index (χ4n) is 1.01. The van der Waals surface area contributed by atoms with Gasteiger partial charge in [-0.15, -0.1) is 0 Å². The van der Waals surface area contributed by atoms with Gasteiger partial charge in [-0.2, -0.15) is 0 Å². The van der Waals surface area contributed by atoms with Gasteiger partial charge in [0.25, 0.3) is 5.91 Å². The van der Waals surface area contributed by atoms with Gasteiger partial charge in [0.15, 0.2) is 0 Å². The molecule has 0 fully saturated rings. The molecule has 0 bridgehead atoms. The monoisotopic (exact) mass is 152 g/mol. The van der Waals surface area contributed by atoms with Crippen molar-refractivity contribution in [1.82, 2.24) is 0 Å². The summed E-state index contributed by atoms with van der Waals surface area (Å²) in [5.41, 5.74) is 0.711. The van der Waals surface area contributed by atoms with Crippen molar-refractivity contribution in [2.45, 2.75) is 32.7 Å². The normalized spacial score (nSPS) is 23.6. The van der Waals surface area contributed by atoms with Gasteiger partial charge in [0.2, 0.25) is 0 Å². The van der Waals surface area contributed by atoms with Crippen LogP contribution >= 0.6 is 0 Å². The van der Waals surface area contributed by atoms with Gasteiger partial charge in [-0.25, -0.2) is 4.99 Å². The van der Waals surface area contributed by atoms with Gasteiger partial charge in [0, 0.05) is 6.21 Å². The van der Waals surface area contributed by atoms with E-state index in [4.69, 9.17) is 0 Å². The van der Waals surface area contributed by atoms with Crippen LogP contribution in [0.25, 0.3) is 0 Å². The summed E-state index contributed by atoms with van der Waals surface area (Å²) >= 11 is 0. The van der Waals surface area contributed by atoms with Gasteiger partial charge in [-0.05, 0) is 13.3 Å². The molecular weight excluding hydrogens is 140 g/mol. The summed E-state index contributed by atoms with van der Waals surface area (Å²) in [7, 11) is 0. The quantitative estimate of drug-likeness (QED) is 0.586. The van der Waals surface area contributed by atoms with Gasteiger partial charge in [0.1, 0.15) is 6.04 Å². The van der Waals surface area contributed by atoms with Crippen molar-refractivity contribution in [3.05, 3.63) is 0 Å². The Morgan fingerprint density at radius 1 is 1.64 bits per heavy atom. The van der Waals surface area contributed by atoms with Gasteiger partial charge in [-0.1, -0.05) is 13.3 Å². The number of carbonyl (C=O) groups excluding carboxylic acids is 1. The first kappa shape index (κ1) is 8.11. The lowest BCUT2D eigenvalue weighted by Crippen LogP contribution is -2.22. The average molecular weight is 152 g/mol. The minimum atomic E-state index is -0.205. The molecule has 0 aliphatic carbocycles. The van der Waals surface area contributed by atoms with E-state index in [2.05, 4.69) is 9.98 Å². The first-order valence-electron chi connectivity index (χ1n) is 3.86. The standard InChI is InChI=1S/C8H12N2O/c1-3-4-7-8(11)10-6(2)5-9-7/h5,7H,3-4H2,1-2H3. The second-order valence-electron chi connectivity index (χ2n) is 2.67. The summed E-state index contributed by atoms with van der Waals surface area (Å²) in [5.74, 6) is -0.0909. The first-order chi connectivity index (χ1) is 5.24. The van der Waals surface area contributed by atoms with Crippen LogP contribution < -0.4 is 0 Å². The molecule has 1 heterocycles. The Hall–Kier alpha value is -0.990. The smallest absolute Gasteiger partial charge is 0.270 e. The Labute approximate surface area is 66.2 Å². The molecule has 0 radical (unpaired) electrons. The van der Waals surface area contributed by atoms with Crippen LogP contribution in [-0.4, -0.2) is 23.9 Å². The summed E-state index contributed by atoms with van der Waals surface area (Å²) in [6.45, 7) is 3.82. The highest BCUT2D eigenvalue weighted by molar-refractivity contribution is 6.33. The van der Waals surface area contributed by atoms with Crippen LogP contribution in [0, 0.1) is 0 Å². The van der Waals surface area contributed by atoms with Crippen LogP contribution in [-0.2, 0) is 4.79 Å². The lowest BCUT2D eigenvalue weighted by Gasteiger charge is -2.10. The zero-order valence-corrected chi connectivity index (χ0v) is 6.87. The Bertz CT molecular complexity index is 218. The van der Waals surface area contributed by atoms with Crippen molar-refractivity contribution in [1.29, 1.82) is 0 Å². The van der Waals surface area contributed by atoms with E-state index in [1.165, 1.54) is 0 Å². The maximum Gasteiger partial charge on any atom is 0.270 e. The first-order valence-corrected chi connectivity index (χ1v) is 3.86. The van der Waals surface area contributed by atoms with E-state index in [0.717, 1.165) is 12.8 Å². The second kappa shape index (κ2) is 3.42. The Morgan fingerprint density at radius 3 is 2.91 bits per heavy atom. The van der Waals surface area contributed by atoms with Crippen LogP contribution in [0.15, 0.2) is 9.98 Å².